The third-order valence-corrected chi connectivity index (χ3v) is 3.78. The number of nitrogens with zero attached hydrogens (tertiary/aromatic N) is 1. The maximum absolute atomic E-state index is 8.86. The van der Waals surface area contributed by atoms with Crippen molar-refractivity contribution in [2.75, 3.05) is 6.54 Å². The molecule has 0 atom stereocenters. The average molecular weight is 239 g/mol. The van der Waals surface area contributed by atoms with E-state index in [1.165, 1.54) is 30.3 Å². The third kappa shape index (κ3) is 2.25. The topological polar surface area (TPSA) is 51.6 Å². The van der Waals surface area contributed by atoms with Crippen molar-refractivity contribution in [3.63, 3.8) is 0 Å². The lowest BCUT2D eigenvalue weighted by atomic mass is 9.85. The summed E-state index contributed by atoms with van der Waals surface area (Å²) in [6.07, 6.45) is 4.16. The van der Waals surface area contributed by atoms with Crippen LogP contribution in [-0.2, 0) is 6.54 Å². The number of H-pyrrole nitrogens is 1. The zero-order valence-corrected chi connectivity index (χ0v) is 10.4. The molecule has 3 nitrogen and oxygen atoms in total. The molecule has 2 N–H and O–H groups in total. The van der Waals surface area contributed by atoms with Gasteiger partial charge in [-0.25, -0.2) is 0 Å². The molecule has 3 rings (SSSR count). The summed E-state index contributed by atoms with van der Waals surface area (Å²) in [5.74, 6) is 0.888. The normalized spacial score (nSPS) is 15.5. The fraction of sp³-hybridized carbons (Fsp3) is 0.400. The largest absolute Gasteiger partial charge is 0.357 e. The van der Waals surface area contributed by atoms with Gasteiger partial charge in [-0.1, -0.05) is 12.5 Å². The lowest BCUT2D eigenvalue weighted by molar-refractivity contribution is 0.301. The molecule has 1 heterocycles. The van der Waals surface area contributed by atoms with Crippen LogP contribution in [0.1, 0.15) is 30.5 Å². The molecule has 3 heteroatoms. The molecule has 0 bridgehead atoms. The van der Waals surface area contributed by atoms with E-state index in [2.05, 4.69) is 22.4 Å². The predicted molar refractivity (Wildman–Crippen MR) is 72.1 cm³/mol. The summed E-state index contributed by atoms with van der Waals surface area (Å²) in [6, 6.07) is 10.1. The molecule has 0 spiro atoms. The van der Waals surface area contributed by atoms with E-state index in [1.807, 2.05) is 18.2 Å². The van der Waals surface area contributed by atoms with Crippen LogP contribution in [-0.4, -0.2) is 11.5 Å². The molecular weight excluding hydrogens is 222 g/mol. The summed E-state index contributed by atoms with van der Waals surface area (Å²) in [5, 5.41) is 13.5. The molecule has 0 aliphatic heterocycles. The summed E-state index contributed by atoms with van der Waals surface area (Å²) in [7, 11) is 0. The summed E-state index contributed by atoms with van der Waals surface area (Å²) >= 11 is 0. The van der Waals surface area contributed by atoms with E-state index in [-0.39, 0.29) is 0 Å². The van der Waals surface area contributed by atoms with Crippen molar-refractivity contribution in [2.24, 2.45) is 5.92 Å². The molecule has 1 aliphatic rings. The Morgan fingerprint density at radius 1 is 1.33 bits per heavy atom. The van der Waals surface area contributed by atoms with Crippen LogP contribution in [0.5, 0.6) is 0 Å². The molecule has 1 aromatic carbocycles. The van der Waals surface area contributed by atoms with Crippen LogP contribution in [0.3, 0.4) is 0 Å². The Hall–Kier alpha value is -1.79. The maximum Gasteiger partial charge on any atom is 0.0992 e. The fourth-order valence-electron chi connectivity index (χ4n) is 2.46. The second kappa shape index (κ2) is 4.83. The Morgan fingerprint density at radius 2 is 2.22 bits per heavy atom. The summed E-state index contributed by atoms with van der Waals surface area (Å²) in [5.41, 5.74) is 2.95. The first-order valence-electron chi connectivity index (χ1n) is 6.57. The highest BCUT2D eigenvalue weighted by atomic mass is 14.9. The third-order valence-electron chi connectivity index (χ3n) is 3.78. The SMILES string of the molecule is N#Cc1ccc2cc(CNCC3CCC3)[nH]c2c1. The minimum absolute atomic E-state index is 0.707. The Morgan fingerprint density at radius 3 is 2.94 bits per heavy atom. The van der Waals surface area contributed by atoms with Gasteiger partial charge in [0.2, 0.25) is 0 Å². The van der Waals surface area contributed by atoms with Crippen molar-refractivity contribution in [1.82, 2.24) is 10.3 Å². The van der Waals surface area contributed by atoms with E-state index < -0.39 is 0 Å². The van der Waals surface area contributed by atoms with Crippen LogP contribution in [0.4, 0.5) is 0 Å². The standard InChI is InChI=1S/C15H17N3/c16-8-12-4-5-13-7-14(18-15(13)6-12)10-17-9-11-2-1-3-11/h4-7,11,17-18H,1-3,9-10H2. The second-order valence-corrected chi connectivity index (χ2v) is 5.14. The number of nitrogens with one attached hydrogen (secondary N) is 2. The van der Waals surface area contributed by atoms with E-state index in [0.717, 1.165) is 24.5 Å². The monoisotopic (exact) mass is 239 g/mol. The second-order valence-electron chi connectivity index (χ2n) is 5.14. The summed E-state index contributed by atoms with van der Waals surface area (Å²) in [6.45, 7) is 2.01. The van der Waals surface area contributed by atoms with Crippen LogP contribution >= 0.6 is 0 Å². The molecular formula is C15H17N3. The quantitative estimate of drug-likeness (QED) is 0.862. The van der Waals surface area contributed by atoms with E-state index in [9.17, 15) is 0 Å². The van der Waals surface area contributed by atoms with Crippen LogP contribution in [0, 0.1) is 17.2 Å². The number of rotatable bonds is 4. The van der Waals surface area contributed by atoms with Crippen LogP contribution < -0.4 is 5.32 Å². The van der Waals surface area contributed by atoms with E-state index in [0.29, 0.717) is 5.56 Å². The highest BCUT2D eigenvalue weighted by Crippen LogP contribution is 2.25. The first-order chi connectivity index (χ1) is 8.85. The van der Waals surface area contributed by atoms with E-state index in [4.69, 9.17) is 5.26 Å². The summed E-state index contributed by atoms with van der Waals surface area (Å²) in [4.78, 5) is 3.37. The van der Waals surface area contributed by atoms with Crippen LogP contribution in [0.2, 0.25) is 0 Å². The van der Waals surface area contributed by atoms with E-state index in [1.54, 1.807) is 0 Å². The van der Waals surface area contributed by atoms with Gasteiger partial charge >= 0.3 is 0 Å². The van der Waals surface area contributed by atoms with Crippen molar-refractivity contribution < 1.29 is 0 Å². The Kier molecular flexibility index (Phi) is 3.04. The number of aromatic amines is 1. The van der Waals surface area contributed by atoms with Gasteiger partial charge < -0.3 is 10.3 Å². The van der Waals surface area contributed by atoms with Crippen molar-refractivity contribution in [2.45, 2.75) is 25.8 Å². The van der Waals surface area contributed by atoms with Gasteiger partial charge in [0.15, 0.2) is 0 Å². The highest BCUT2D eigenvalue weighted by molar-refractivity contribution is 5.81. The van der Waals surface area contributed by atoms with Crippen LogP contribution in [0.15, 0.2) is 24.3 Å². The zero-order chi connectivity index (χ0) is 12.4. The number of hydrogen-bond donors (Lipinski definition) is 2. The van der Waals surface area contributed by atoms with Gasteiger partial charge in [0.25, 0.3) is 0 Å². The Balaban J connectivity index is 1.66. The highest BCUT2D eigenvalue weighted by Gasteiger charge is 2.16. The van der Waals surface area contributed by atoms with Crippen molar-refractivity contribution in [3.8, 4) is 6.07 Å². The molecule has 2 aromatic rings. The lowest BCUT2D eigenvalue weighted by Crippen LogP contribution is -2.26. The van der Waals surface area contributed by atoms with Gasteiger partial charge in [-0.05, 0) is 48.9 Å². The fourth-order valence-corrected chi connectivity index (χ4v) is 2.46. The first-order valence-corrected chi connectivity index (χ1v) is 6.57. The van der Waals surface area contributed by atoms with Gasteiger partial charge in [0.05, 0.1) is 11.6 Å². The number of hydrogen-bond acceptors (Lipinski definition) is 2. The minimum Gasteiger partial charge on any atom is -0.357 e. The molecule has 1 aromatic heterocycles. The van der Waals surface area contributed by atoms with Gasteiger partial charge in [-0.2, -0.15) is 5.26 Å². The molecule has 92 valence electrons. The number of aromatic nitrogens is 1. The Labute approximate surface area is 107 Å². The Bertz CT molecular complexity index is 587. The molecule has 1 fully saturated rings. The van der Waals surface area contributed by atoms with Crippen LogP contribution in [0.25, 0.3) is 10.9 Å². The maximum atomic E-state index is 8.86. The average Bonchev–Trinajstić information content (AvgIpc) is 2.73. The molecule has 0 amide bonds. The van der Waals surface area contributed by atoms with Gasteiger partial charge in [-0.3, -0.25) is 0 Å². The van der Waals surface area contributed by atoms with Crippen molar-refractivity contribution >= 4 is 10.9 Å². The molecule has 0 radical (unpaired) electrons. The lowest BCUT2D eigenvalue weighted by Gasteiger charge is -2.25. The van der Waals surface area contributed by atoms with Gasteiger partial charge in [0, 0.05) is 17.8 Å². The van der Waals surface area contributed by atoms with Gasteiger partial charge in [-0.15, -0.1) is 0 Å². The number of benzene rings is 1. The molecule has 0 saturated heterocycles. The summed E-state index contributed by atoms with van der Waals surface area (Å²) < 4.78 is 0. The predicted octanol–water partition coefficient (Wildman–Crippen LogP) is 2.93. The number of fused-ring (bicyclic) bond motifs is 1. The van der Waals surface area contributed by atoms with E-state index >= 15 is 0 Å². The van der Waals surface area contributed by atoms with Crippen molar-refractivity contribution in [1.29, 1.82) is 5.26 Å². The first kappa shape index (κ1) is 11.3. The molecule has 0 unspecified atom stereocenters. The minimum atomic E-state index is 0.707. The zero-order valence-electron chi connectivity index (χ0n) is 10.4. The number of nitriles is 1. The smallest absolute Gasteiger partial charge is 0.0992 e. The molecule has 1 saturated carbocycles. The molecule has 18 heavy (non-hydrogen) atoms. The van der Waals surface area contributed by atoms with Crippen molar-refractivity contribution in [3.05, 3.63) is 35.5 Å². The molecule has 1 aliphatic carbocycles. The van der Waals surface area contributed by atoms with Gasteiger partial charge in [0.1, 0.15) is 0 Å².